The molecule has 0 aliphatic carbocycles. The van der Waals surface area contributed by atoms with Crippen molar-refractivity contribution in [3.63, 3.8) is 0 Å². The molecule has 2 rings (SSSR count). The van der Waals surface area contributed by atoms with Crippen LogP contribution in [0.4, 0.5) is 9.18 Å². The third-order valence-corrected chi connectivity index (χ3v) is 3.75. The highest BCUT2D eigenvalue weighted by Crippen LogP contribution is 2.18. The van der Waals surface area contributed by atoms with Gasteiger partial charge in [0.1, 0.15) is 18.4 Å². The van der Waals surface area contributed by atoms with Crippen molar-refractivity contribution < 1.29 is 23.9 Å². The molecule has 0 unspecified atom stereocenters. The van der Waals surface area contributed by atoms with Gasteiger partial charge in [-0.3, -0.25) is 14.5 Å². The number of amides is 2. The summed E-state index contributed by atoms with van der Waals surface area (Å²) in [6.07, 6.45) is -1.18. The Balaban J connectivity index is 2.13. The summed E-state index contributed by atoms with van der Waals surface area (Å²) in [6, 6.07) is 4.04. The van der Waals surface area contributed by atoms with Gasteiger partial charge in [-0.05, 0) is 24.6 Å². The van der Waals surface area contributed by atoms with E-state index in [1.54, 1.807) is 6.07 Å². The molecule has 0 radical (unpaired) electrons. The quantitative estimate of drug-likeness (QED) is 0.838. The van der Waals surface area contributed by atoms with Crippen LogP contribution in [-0.4, -0.2) is 58.9 Å². The Labute approximate surface area is 131 Å². The second-order valence-electron chi connectivity index (χ2n) is 5.15. The molecular formula is C15H14FN3O4. The average molecular weight is 319 g/mol. The van der Waals surface area contributed by atoms with Crippen molar-refractivity contribution in [2.45, 2.75) is 6.92 Å². The Morgan fingerprint density at radius 3 is 2.65 bits per heavy atom. The SMILES string of the molecule is Cc1c(C(=O)CN2CCN(C(=O)O)CC2=O)ccc(F)c1C#N. The van der Waals surface area contributed by atoms with E-state index >= 15 is 0 Å². The number of carbonyl (C=O) groups is 3. The zero-order valence-electron chi connectivity index (χ0n) is 12.4. The Kier molecular flexibility index (Phi) is 4.60. The van der Waals surface area contributed by atoms with Crippen molar-refractivity contribution in [3.8, 4) is 6.07 Å². The van der Waals surface area contributed by atoms with E-state index in [1.807, 2.05) is 0 Å². The van der Waals surface area contributed by atoms with Gasteiger partial charge in [0.05, 0.1) is 12.1 Å². The molecule has 8 heteroatoms. The van der Waals surface area contributed by atoms with Crippen LogP contribution in [0.2, 0.25) is 0 Å². The summed E-state index contributed by atoms with van der Waals surface area (Å²) < 4.78 is 13.5. The summed E-state index contributed by atoms with van der Waals surface area (Å²) in [7, 11) is 0. The summed E-state index contributed by atoms with van der Waals surface area (Å²) in [5, 5.41) is 17.8. The Bertz CT molecular complexity index is 726. The van der Waals surface area contributed by atoms with Gasteiger partial charge in [0.15, 0.2) is 5.78 Å². The monoisotopic (exact) mass is 319 g/mol. The van der Waals surface area contributed by atoms with Crippen molar-refractivity contribution >= 4 is 17.8 Å². The van der Waals surface area contributed by atoms with Gasteiger partial charge in [-0.1, -0.05) is 0 Å². The van der Waals surface area contributed by atoms with Crippen LogP contribution < -0.4 is 0 Å². The van der Waals surface area contributed by atoms with Crippen molar-refractivity contribution in [3.05, 3.63) is 34.6 Å². The van der Waals surface area contributed by atoms with Crippen molar-refractivity contribution in [2.75, 3.05) is 26.2 Å². The number of benzene rings is 1. The van der Waals surface area contributed by atoms with Crippen molar-refractivity contribution in [1.29, 1.82) is 5.26 Å². The van der Waals surface area contributed by atoms with Crippen LogP contribution in [-0.2, 0) is 4.79 Å². The minimum absolute atomic E-state index is 0.113. The number of halogens is 1. The highest BCUT2D eigenvalue weighted by molar-refractivity contribution is 6.01. The summed E-state index contributed by atoms with van der Waals surface area (Å²) >= 11 is 0. The predicted molar refractivity (Wildman–Crippen MR) is 76.4 cm³/mol. The molecule has 1 N–H and O–H groups in total. The molecular weight excluding hydrogens is 305 g/mol. The van der Waals surface area contributed by atoms with E-state index in [4.69, 9.17) is 10.4 Å². The lowest BCUT2D eigenvalue weighted by molar-refractivity contribution is -0.134. The van der Waals surface area contributed by atoms with Crippen LogP contribution >= 0.6 is 0 Å². The van der Waals surface area contributed by atoms with E-state index in [1.165, 1.54) is 17.9 Å². The molecule has 120 valence electrons. The lowest BCUT2D eigenvalue weighted by Crippen LogP contribution is -2.53. The van der Waals surface area contributed by atoms with Crippen molar-refractivity contribution in [2.24, 2.45) is 0 Å². The number of rotatable bonds is 3. The number of carboxylic acid groups (broad SMARTS) is 1. The molecule has 7 nitrogen and oxygen atoms in total. The third-order valence-electron chi connectivity index (χ3n) is 3.75. The second-order valence-corrected chi connectivity index (χ2v) is 5.15. The van der Waals surface area contributed by atoms with Gasteiger partial charge in [-0.25, -0.2) is 9.18 Å². The fraction of sp³-hybridized carbons (Fsp3) is 0.333. The average Bonchev–Trinajstić information content (AvgIpc) is 2.49. The van der Waals surface area contributed by atoms with Gasteiger partial charge >= 0.3 is 6.09 Å². The molecule has 0 atom stereocenters. The number of Topliss-reactive ketones (excluding diaryl/α,β-unsaturated/α-hetero) is 1. The highest BCUT2D eigenvalue weighted by atomic mass is 19.1. The van der Waals surface area contributed by atoms with Gasteiger partial charge in [-0.2, -0.15) is 5.26 Å². The number of nitriles is 1. The number of carbonyl (C=O) groups excluding carboxylic acids is 2. The largest absolute Gasteiger partial charge is 0.465 e. The fourth-order valence-corrected chi connectivity index (χ4v) is 2.42. The summed E-state index contributed by atoms with van der Waals surface area (Å²) in [5.74, 6) is -1.59. The molecule has 23 heavy (non-hydrogen) atoms. The molecule has 2 amide bonds. The number of hydrogen-bond donors (Lipinski definition) is 1. The molecule has 1 aromatic carbocycles. The number of ketones is 1. The first-order valence-electron chi connectivity index (χ1n) is 6.83. The molecule has 1 heterocycles. The normalized spacial score (nSPS) is 14.6. The third kappa shape index (κ3) is 3.29. The van der Waals surface area contributed by atoms with Crippen LogP contribution in [0, 0.1) is 24.1 Å². The molecule has 1 aliphatic rings. The molecule has 0 spiro atoms. The second kappa shape index (κ2) is 6.44. The standard InChI is InChI=1S/C15H14FN3O4/c1-9-10(2-3-12(16)11(9)6-17)13(20)7-18-4-5-19(15(22)23)8-14(18)21/h2-3H,4-5,7-8H2,1H3,(H,22,23). The lowest BCUT2D eigenvalue weighted by atomic mass is 9.99. The summed E-state index contributed by atoms with van der Waals surface area (Å²) in [5.41, 5.74) is 0.211. The predicted octanol–water partition coefficient (Wildman–Crippen LogP) is 1.01. The molecule has 0 bridgehead atoms. The molecule has 0 saturated carbocycles. The first kappa shape index (κ1) is 16.4. The van der Waals surface area contributed by atoms with Gasteiger partial charge in [-0.15, -0.1) is 0 Å². The Morgan fingerprint density at radius 1 is 1.39 bits per heavy atom. The van der Waals surface area contributed by atoms with E-state index < -0.39 is 23.6 Å². The maximum atomic E-state index is 13.5. The lowest BCUT2D eigenvalue weighted by Gasteiger charge is -2.32. The van der Waals surface area contributed by atoms with Crippen LogP contribution in [0.3, 0.4) is 0 Å². The van der Waals surface area contributed by atoms with E-state index in [0.717, 1.165) is 11.0 Å². The first-order valence-corrected chi connectivity index (χ1v) is 6.83. The van der Waals surface area contributed by atoms with Crippen LogP contribution in [0.15, 0.2) is 12.1 Å². The highest BCUT2D eigenvalue weighted by Gasteiger charge is 2.28. The maximum Gasteiger partial charge on any atom is 0.407 e. The molecule has 1 aliphatic heterocycles. The minimum Gasteiger partial charge on any atom is -0.465 e. The minimum atomic E-state index is -1.18. The Morgan fingerprint density at radius 2 is 2.09 bits per heavy atom. The number of piperazine rings is 1. The van der Waals surface area contributed by atoms with E-state index in [9.17, 15) is 18.8 Å². The maximum absolute atomic E-state index is 13.5. The molecule has 1 saturated heterocycles. The van der Waals surface area contributed by atoms with E-state index in [0.29, 0.717) is 0 Å². The molecule has 1 fully saturated rings. The van der Waals surface area contributed by atoms with Crippen molar-refractivity contribution in [1.82, 2.24) is 9.80 Å². The zero-order chi connectivity index (χ0) is 17.1. The van der Waals surface area contributed by atoms with Gasteiger partial charge in [0, 0.05) is 18.7 Å². The van der Waals surface area contributed by atoms with E-state index in [2.05, 4.69) is 0 Å². The van der Waals surface area contributed by atoms with Gasteiger partial charge in [0.2, 0.25) is 5.91 Å². The molecule has 0 aromatic heterocycles. The van der Waals surface area contributed by atoms with E-state index in [-0.39, 0.29) is 42.9 Å². The van der Waals surface area contributed by atoms with Crippen LogP contribution in [0.25, 0.3) is 0 Å². The molecule has 1 aromatic rings. The Hall–Kier alpha value is -2.95. The summed E-state index contributed by atoms with van der Waals surface area (Å²) in [6.45, 7) is 1.18. The summed E-state index contributed by atoms with van der Waals surface area (Å²) in [4.78, 5) is 37.3. The zero-order valence-corrected chi connectivity index (χ0v) is 12.4. The van der Waals surface area contributed by atoms with Gasteiger partial charge < -0.3 is 10.0 Å². The topological polar surface area (TPSA) is 102 Å². The number of hydrogen-bond acceptors (Lipinski definition) is 4. The fourth-order valence-electron chi connectivity index (χ4n) is 2.42. The van der Waals surface area contributed by atoms with Crippen LogP contribution in [0.5, 0.6) is 0 Å². The van der Waals surface area contributed by atoms with Gasteiger partial charge in [0.25, 0.3) is 0 Å². The first-order chi connectivity index (χ1) is 10.8. The van der Waals surface area contributed by atoms with Crippen LogP contribution in [0.1, 0.15) is 21.5 Å². The smallest absolute Gasteiger partial charge is 0.407 e. The number of nitrogens with zero attached hydrogens (tertiary/aromatic N) is 3.